The number of pyridine rings is 1. The highest BCUT2D eigenvalue weighted by atomic mass is 15.2. The summed E-state index contributed by atoms with van der Waals surface area (Å²) in [5.74, 6) is 0.516. The third-order valence-electron chi connectivity index (χ3n) is 3.46. The minimum atomic E-state index is 0.516. The van der Waals surface area contributed by atoms with E-state index in [0.717, 1.165) is 26.2 Å². The van der Waals surface area contributed by atoms with Crippen molar-refractivity contribution in [3.63, 3.8) is 0 Å². The summed E-state index contributed by atoms with van der Waals surface area (Å²) in [5.41, 5.74) is 2.50. The lowest BCUT2D eigenvalue weighted by molar-refractivity contribution is 0.165. The Labute approximate surface area is 104 Å². The zero-order valence-corrected chi connectivity index (χ0v) is 11.1. The second-order valence-electron chi connectivity index (χ2n) is 5.27. The lowest BCUT2D eigenvalue weighted by Crippen LogP contribution is -2.49. The first-order valence-electron chi connectivity index (χ1n) is 6.56. The van der Waals surface area contributed by atoms with Crippen molar-refractivity contribution in [1.29, 1.82) is 0 Å². The Morgan fingerprint density at radius 1 is 1.47 bits per heavy atom. The first kappa shape index (κ1) is 12.5. The van der Waals surface area contributed by atoms with Gasteiger partial charge >= 0.3 is 0 Å². The number of rotatable bonds is 3. The molecule has 2 rings (SSSR count). The lowest BCUT2D eigenvalue weighted by atomic mass is 10.1. The van der Waals surface area contributed by atoms with Crippen LogP contribution in [0.5, 0.6) is 0 Å². The van der Waals surface area contributed by atoms with Crippen molar-refractivity contribution >= 4 is 0 Å². The van der Waals surface area contributed by atoms with Gasteiger partial charge in [-0.1, -0.05) is 19.9 Å². The van der Waals surface area contributed by atoms with Gasteiger partial charge in [-0.15, -0.1) is 0 Å². The molecule has 17 heavy (non-hydrogen) atoms. The molecule has 1 N–H and O–H groups in total. The fraction of sp³-hybridized carbons (Fsp3) is 0.643. The minimum absolute atomic E-state index is 0.516. The van der Waals surface area contributed by atoms with E-state index < -0.39 is 0 Å². The first-order valence-corrected chi connectivity index (χ1v) is 6.56. The monoisotopic (exact) mass is 233 g/mol. The molecule has 1 unspecified atom stereocenters. The molecule has 0 aromatic carbocycles. The molecule has 1 atom stereocenters. The Kier molecular flexibility index (Phi) is 4.13. The van der Waals surface area contributed by atoms with Crippen LogP contribution in [0, 0.1) is 0 Å². The van der Waals surface area contributed by atoms with Gasteiger partial charge in [0.15, 0.2) is 0 Å². The number of nitrogens with zero attached hydrogens (tertiary/aromatic N) is 2. The van der Waals surface area contributed by atoms with Crippen LogP contribution in [0.2, 0.25) is 0 Å². The summed E-state index contributed by atoms with van der Waals surface area (Å²) in [5, 5.41) is 3.42. The molecule has 0 radical (unpaired) electrons. The largest absolute Gasteiger partial charge is 0.314 e. The molecular weight excluding hydrogens is 210 g/mol. The topological polar surface area (TPSA) is 28.2 Å². The fourth-order valence-corrected chi connectivity index (χ4v) is 2.22. The van der Waals surface area contributed by atoms with E-state index in [-0.39, 0.29) is 0 Å². The average molecular weight is 233 g/mol. The van der Waals surface area contributed by atoms with Crippen LogP contribution >= 0.6 is 0 Å². The molecule has 94 valence electrons. The number of piperazine rings is 1. The second-order valence-corrected chi connectivity index (χ2v) is 5.27. The van der Waals surface area contributed by atoms with Gasteiger partial charge in [-0.25, -0.2) is 0 Å². The molecule has 1 fully saturated rings. The summed E-state index contributed by atoms with van der Waals surface area (Å²) >= 11 is 0. The third-order valence-corrected chi connectivity index (χ3v) is 3.46. The van der Waals surface area contributed by atoms with Crippen LogP contribution < -0.4 is 5.32 Å². The van der Waals surface area contributed by atoms with Gasteiger partial charge in [-0.2, -0.15) is 0 Å². The van der Waals surface area contributed by atoms with E-state index in [2.05, 4.69) is 48.1 Å². The van der Waals surface area contributed by atoms with Crippen molar-refractivity contribution in [2.24, 2.45) is 0 Å². The van der Waals surface area contributed by atoms with Crippen LogP contribution in [0.4, 0.5) is 0 Å². The highest BCUT2D eigenvalue weighted by Gasteiger charge is 2.17. The van der Waals surface area contributed by atoms with Crippen molar-refractivity contribution in [3.05, 3.63) is 29.6 Å². The highest BCUT2D eigenvalue weighted by Crippen LogP contribution is 2.14. The SMILES string of the molecule is CC(C)c1ccc(CN2CCNCC2C)cn1. The fourth-order valence-electron chi connectivity index (χ4n) is 2.22. The van der Waals surface area contributed by atoms with Crippen LogP contribution in [0.1, 0.15) is 37.9 Å². The molecule has 0 aliphatic carbocycles. The van der Waals surface area contributed by atoms with E-state index in [0.29, 0.717) is 12.0 Å². The molecule has 3 nitrogen and oxygen atoms in total. The van der Waals surface area contributed by atoms with Gasteiger partial charge in [0.05, 0.1) is 0 Å². The number of hydrogen-bond donors (Lipinski definition) is 1. The quantitative estimate of drug-likeness (QED) is 0.865. The van der Waals surface area contributed by atoms with Gasteiger partial charge in [0.25, 0.3) is 0 Å². The molecule has 0 bridgehead atoms. The Balaban J connectivity index is 1.98. The van der Waals surface area contributed by atoms with Crippen LogP contribution in [0.3, 0.4) is 0 Å². The molecule has 1 aliphatic heterocycles. The maximum Gasteiger partial charge on any atom is 0.0429 e. The normalized spacial score (nSPS) is 22.0. The van der Waals surface area contributed by atoms with Crippen molar-refractivity contribution in [1.82, 2.24) is 15.2 Å². The Morgan fingerprint density at radius 2 is 2.29 bits per heavy atom. The molecule has 1 aromatic rings. The van der Waals surface area contributed by atoms with E-state index in [4.69, 9.17) is 0 Å². The third kappa shape index (κ3) is 3.27. The molecule has 0 spiro atoms. The van der Waals surface area contributed by atoms with Crippen LogP contribution in [0.25, 0.3) is 0 Å². The first-order chi connectivity index (χ1) is 8.16. The van der Waals surface area contributed by atoms with Crippen LogP contribution in [-0.2, 0) is 6.54 Å². The molecule has 1 saturated heterocycles. The van der Waals surface area contributed by atoms with Gasteiger partial charge < -0.3 is 5.32 Å². The van der Waals surface area contributed by atoms with E-state index in [1.165, 1.54) is 11.3 Å². The van der Waals surface area contributed by atoms with Crippen molar-refractivity contribution in [2.45, 2.75) is 39.3 Å². The predicted molar refractivity (Wildman–Crippen MR) is 71.1 cm³/mol. The van der Waals surface area contributed by atoms with E-state index in [9.17, 15) is 0 Å². The van der Waals surface area contributed by atoms with Gasteiger partial charge in [-0.05, 0) is 24.5 Å². The number of hydrogen-bond acceptors (Lipinski definition) is 3. The summed E-state index contributed by atoms with van der Waals surface area (Å²) in [6.45, 7) is 11.0. The van der Waals surface area contributed by atoms with E-state index in [1.807, 2.05) is 6.20 Å². The molecule has 1 aromatic heterocycles. The lowest BCUT2D eigenvalue weighted by Gasteiger charge is -2.33. The highest BCUT2D eigenvalue weighted by molar-refractivity contribution is 5.16. The summed E-state index contributed by atoms with van der Waals surface area (Å²) < 4.78 is 0. The molecular formula is C14H23N3. The van der Waals surface area contributed by atoms with Crippen LogP contribution in [0.15, 0.2) is 18.3 Å². The zero-order chi connectivity index (χ0) is 12.3. The van der Waals surface area contributed by atoms with Gasteiger partial charge in [-0.3, -0.25) is 9.88 Å². The number of aromatic nitrogens is 1. The maximum absolute atomic E-state index is 4.53. The molecule has 3 heteroatoms. The van der Waals surface area contributed by atoms with Crippen molar-refractivity contribution in [2.75, 3.05) is 19.6 Å². The standard InChI is InChI=1S/C14H23N3/c1-11(2)14-5-4-13(9-16-14)10-17-7-6-15-8-12(17)3/h4-5,9,11-12,15H,6-8,10H2,1-3H3. The summed E-state index contributed by atoms with van der Waals surface area (Å²) in [7, 11) is 0. The van der Waals surface area contributed by atoms with E-state index in [1.54, 1.807) is 0 Å². The second kappa shape index (κ2) is 5.61. The smallest absolute Gasteiger partial charge is 0.0429 e. The van der Waals surface area contributed by atoms with Gasteiger partial charge in [0.2, 0.25) is 0 Å². The molecule has 2 heterocycles. The zero-order valence-electron chi connectivity index (χ0n) is 11.1. The summed E-state index contributed by atoms with van der Waals surface area (Å²) in [6.07, 6.45) is 2.03. The number of nitrogens with one attached hydrogen (secondary N) is 1. The summed E-state index contributed by atoms with van der Waals surface area (Å²) in [4.78, 5) is 7.04. The van der Waals surface area contributed by atoms with Crippen molar-refractivity contribution in [3.8, 4) is 0 Å². The predicted octanol–water partition coefficient (Wildman–Crippen LogP) is 2.00. The average Bonchev–Trinajstić information content (AvgIpc) is 2.33. The van der Waals surface area contributed by atoms with Crippen molar-refractivity contribution < 1.29 is 0 Å². The minimum Gasteiger partial charge on any atom is -0.314 e. The Hall–Kier alpha value is -0.930. The summed E-state index contributed by atoms with van der Waals surface area (Å²) in [6, 6.07) is 5.00. The molecule has 0 amide bonds. The maximum atomic E-state index is 4.53. The van der Waals surface area contributed by atoms with Crippen LogP contribution in [-0.4, -0.2) is 35.6 Å². The van der Waals surface area contributed by atoms with Gasteiger partial charge in [0.1, 0.15) is 0 Å². The Bertz CT molecular complexity index is 345. The van der Waals surface area contributed by atoms with E-state index >= 15 is 0 Å². The van der Waals surface area contributed by atoms with Gasteiger partial charge in [0, 0.05) is 44.1 Å². The Morgan fingerprint density at radius 3 is 2.88 bits per heavy atom. The molecule has 1 aliphatic rings. The molecule has 0 saturated carbocycles.